The lowest BCUT2D eigenvalue weighted by atomic mass is 10.1. The van der Waals surface area contributed by atoms with Crippen molar-refractivity contribution in [3.05, 3.63) is 77.1 Å². The van der Waals surface area contributed by atoms with Gasteiger partial charge in [-0.25, -0.2) is 9.97 Å². The van der Waals surface area contributed by atoms with Crippen LogP contribution >= 0.6 is 0 Å². The number of anilines is 3. The lowest BCUT2D eigenvalue weighted by Gasteiger charge is -2.13. The number of amides is 3. The van der Waals surface area contributed by atoms with Crippen molar-refractivity contribution in [2.24, 2.45) is 0 Å². The predicted octanol–water partition coefficient (Wildman–Crippen LogP) is 4.63. The van der Waals surface area contributed by atoms with Crippen LogP contribution < -0.4 is 10.6 Å². The van der Waals surface area contributed by atoms with Gasteiger partial charge in [-0.15, -0.1) is 0 Å². The number of benzene rings is 2. The Morgan fingerprint density at radius 2 is 1.41 bits per heavy atom. The first-order chi connectivity index (χ1) is 16.4. The van der Waals surface area contributed by atoms with Gasteiger partial charge in [0, 0.05) is 35.7 Å². The fourth-order valence-electron chi connectivity index (χ4n) is 3.95. The minimum atomic E-state index is -0.236. The summed E-state index contributed by atoms with van der Waals surface area (Å²) in [6.45, 7) is 4.21. The maximum atomic E-state index is 12.4. The van der Waals surface area contributed by atoms with Crippen LogP contribution in [0.15, 0.2) is 54.6 Å². The van der Waals surface area contributed by atoms with Gasteiger partial charge in [0.2, 0.25) is 11.9 Å². The Kier molecular flexibility index (Phi) is 6.96. The van der Waals surface area contributed by atoms with E-state index >= 15 is 0 Å². The number of rotatable bonds is 9. The molecule has 0 bridgehead atoms. The number of carbonyl (C=O) groups excluding carboxylic acids is 3. The highest BCUT2D eigenvalue weighted by Gasteiger charge is 2.34. The second-order valence-corrected chi connectivity index (χ2v) is 8.34. The topological polar surface area (TPSA) is 104 Å². The summed E-state index contributed by atoms with van der Waals surface area (Å²) in [6, 6.07) is 16.2. The lowest BCUT2D eigenvalue weighted by Crippen LogP contribution is -2.30. The number of imide groups is 1. The molecule has 34 heavy (non-hydrogen) atoms. The van der Waals surface area contributed by atoms with Crippen molar-refractivity contribution in [2.75, 3.05) is 17.2 Å². The van der Waals surface area contributed by atoms with Gasteiger partial charge in [0.1, 0.15) is 0 Å². The highest BCUT2D eigenvalue weighted by atomic mass is 16.2. The van der Waals surface area contributed by atoms with Gasteiger partial charge in [-0.1, -0.05) is 18.6 Å². The average molecular weight is 458 g/mol. The Balaban J connectivity index is 1.17. The van der Waals surface area contributed by atoms with Crippen molar-refractivity contribution in [2.45, 2.75) is 39.5 Å². The van der Waals surface area contributed by atoms with E-state index < -0.39 is 0 Å². The Morgan fingerprint density at radius 1 is 0.824 bits per heavy atom. The van der Waals surface area contributed by atoms with E-state index in [1.165, 1.54) is 4.90 Å². The van der Waals surface area contributed by atoms with Crippen molar-refractivity contribution in [3.63, 3.8) is 0 Å². The highest BCUT2D eigenvalue weighted by Crippen LogP contribution is 2.23. The van der Waals surface area contributed by atoms with Crippen LogP contribution in [-0.2, 0) is 4.79 Å². The van der Waals surface area contributed by atoms with Gasteiger partial charge in [-0.05, 0) is 69.2 Å². The molecule has 174 valence electrons. The number of fused-ring (bicyclic) bond motifs is 1. The normalized spacial score (nSPS) is 12.6. The molecule has 8 nitrogen and oxygen atoms in total. The molecular formula is C26H27N5O3. The SMILES string of the molecule is Cc1cc(C)nc(Nc2ccc(NC(=O)CCCCCN3C(=O)c4ccccc4C3=O)cc2)n1. The van der Waals surface area contributed by atoms with E-state index in [0.717, 1.165) is 23.5 Å². The number of aryl methyl sites for hydroxylation is 2. The molecule has 2 aromatic carbocycles. The van der Waals surface area contributed by atoms with E-state index in [9.17, 15) is 14.4 Å². The summed E-state index contributed by atoms with van der Waals surface area (Å²) in [7, 11) is 0. The Labute approximate surface area is 198 Å². The molecule has 2 heterocycles. The van der Waals surface area contributed by atoms with E-state index in [1.54, 1.807) is 24.3 Å². The van der Waals surface area contributed by atoms with E-state index in [0.29, 0.717) is 48.6 Å². The predicted molar refractivity (Wildman–Crippen MR) is 130 cm³/mol. The first-order valence-corrected chi connectivity index (χ1v) is 11.3. The quantitative estimate of drug-likeness (QED) is 0.359. The third-order valence-corrected chi connectivity index (χ3v) is 5.57. The van der Waals surface area contributed by atoms with Crippen LogP contribution in [0.1, 0.15) is 57.8 Å². The van der Waals surface area contributed by atoms with Crippen molar-refractivity contribution in [1.29, 1.82) is 0 Å². The van der Waals surface area contributed by atoms with Crippen LogP contribution in [0.5, 0.6) is 0 Å². The fraction of sp³-hybridized carbons (Fsp3) is 0.269. The zero-order valence-electron chi connectivity index (χ0n) is 19.3. The number of nitrogens with one attached hydrogen (secondary N) is 2. The molecule has 1 aliphatic rings. The molecule has 8 heteroatoms. The summed E-state index contributed by atoms with van der Waals surface area (Å²) in [5.41, 5.74) is 4.26. The summed E-state index contributed by atoms with van der Waals surface area (Å²) in [5, 5.41) is 6.06. The third kappa shape index (κ3) is 5.46. The number of hydrogen-bond donors (Lipinski definition) is 2. The maximum Gasteiger partial charge on any atom is 0.261 e. The van der Waals surface area contributed by atoms with Gasteiger partial charge in [0.15, 0.2) is 0 Å². The van der Waals surface area contributed by atoms with Crippen molar-refractivity contribution >= 4 is 35.0 Å². The molecule has 0 radical (unpaired) electrons. The Morgan fingerprint density at radius 3 is 2.03 bits per heavy atom. The average Bonchev–Trinajstić information content (AvgIpc) is 3.04. The van der Waals surface area contributed by atoms with Crippen LogP contribution in [0.3, 0.4) is 0 Å². The highest BCUT2D eigenvalue weighted by molar-refractivity contribution is 6.21. The third-order valence-electron chi connectivity index (χ3n) is 5.57. The van der Waals surface area contributed by atoms with Gasteiger partial charge >= 0.3 is 0 Å². The molecule has 1 aromatic heterocycles. The monoisotopic (exact) mass is 457 g/mol. The maximum absolute atomic E-state index is 12.4. The van der Waals surface area contributed by atoms with Gasteiger partial charge in [-0.2, -0.15) is 0 Å². The van der Waals surface area contributed by atoms with Crippen LogP contribution in [0.2, 0.25) is 0 Å². The van der Waals surface area contributed by atoms with Gasteiger partial charge in [0.25, 0.3) is 11.8 Å². The molecule has 0 fully saturated rings. The molecule has 4 rings (SSSR count). The first kappa shape index (κ1) is 23.1. The number of unbranched alkanes of at least 4 members (excludes halogenated alkanes) is 2. The second kappa shape index (κ2) is 10.2. The van der Waals surface area contributed by atoms with Gasteiger partial charge < -0.3 is 10.6 Å². The second-order valence-electron chi connectivity index (χ2n) is 8.34. The fourth-order valence-corrected chi connectivity index (χ4v) is 3.95. The van der Waals surface area contributed by atoms with Crippen LogP contribution in [-0.4, -0.2) is 39.1 Å². The van der Waals surface area contributed by atoms with E-state index in [1.807, 2.05) is 44.2 Å². The van der Waals surface area contributed by atoms with Crippen molar-refractivity contribution in [1.82, 2.24) is 14.9 Å². The molecule has 0 saturated carbocycles. The standard InChI is InChI=1S/C26H27N5O3/c1-17-16-18(2)28-26(27-17)30-20-13-11-19(12-14-20)29-23(32)10-4-3-7-15-31-24(33)21-8-5-6-9-22(21)25(31)34/h5-6,8-9,11-14,16H,3-4,7,10,15H2,1-2H3,(H,29,32)(H,27,28,30). The van der Waals surface area contributed by atoms with E-state index in [-0.39, 0.29) is 17.7 Å². The number of aromatic nitrogens is 2. The van der Waals surface area contributed by atoms with Crippen molar-refractivity contribution in [3.8, 4) is 0 Å². The summed E-state index contributed by atoms with van der Waals surface area (Å²) >= 11 is 0. The summed E-state index contributed by atoms with van der Waals surface area (Å²) in [6.07, 6.45) is 2.47. The minimum Gasteiger partial charge on any atom is -0.326 e. The molecule has 1 aliphatic heterocycles. The molecule has 0 saturated heterocycles. The summed E-state index contributed by atoms with van der Waals surface area (Å²) < 4.78 is 0. The molecule has 2 N–H and O–H groups in total. The summed E-state index contributed by atoms with van der Waals surface area (Å²) in [4.78, 5) is 47.0. The van der Waals surface area contributed by atoms with E-state index in [4.69, 9.17) is 0 Å². The summed E-state index contributed by atoms with van der Waals surface area (Å²) in [5.74, 6) is -0.00432. The molecular weight excluding hydrogens is 430 g/mol. The minimum absolute atomic E-state index is 0.0703. The zero-order valence-corrected chi connectivity index (χ0v) is 19.3. The van der Waals surface area contributed by atoms with Crippen LogP contribution in [0.4, 0.5) is 17.3 Å². The van der Waals surface area contributed by atoms with E-state index in [2.05, 4.69) is 20.6 Å². The molecule has 0 aliphatic carbocycles. The number of nitrogens with zero attached hydrogens (tertiary/aromatic N) is 3. The van der Waals surface area contributed by atoms with Crippen LogP contribution in [0.25, 0.3) is 0 Å². The first-order valence-electron chi connectivity index (χ1n) is 11.3. The molecule has 3 amide bonds. The lowest BCUT2D eigenvalue weighted by molar-refractivity contribution is -0.116. The Hall–Kier alpha value is -4.07. The Bertz CT molecular complexity index is 1170. The van der Waals surface area contributed by atoms with Gasteiger partial charge in [-0.3, -0.25) is 19.3 Å². The zero-order chi connectivity index (χ0) is 24.1. The molecule has 0 spiro atoms. The smallest absolute Gasteiger partial charge is 0.261 e. The largest absolute Gasteiger partial charge is 0.326 e. The molecule has 0 unspecified atom stereocenters. The number of carbonyl (C=O) groups is 3. The van der Waals surface area contributed by atoms with Crippen LogP contribution in [0, 0.1) is 13.8 Å². The molecule has 3 aromatic rings. The molecule has 0 atom stereocenters. The number of hydrogen-bond acceptors (Lipinski definition) is 6. The van der Waals surface area contributed by atoms with Crippen molar-refractivity contribution < 1.29 is 14.4 Å². The van der Waals surface area contributed by atoms with Gasteiger partial charge in [0.05, 0.1) is 11.1 Å².